The summed E-state index contributed by atoms with van der Waals surface area (Å²) in [4.78, 5) is 36.9. The topological polar surface area (TPSA) is 124 Å². The Labute approximate surface area is 192 Å². The molecule has 5 rings (SSSR count). The minimum atomic E-state index is -1.33. The van der Waals surface area contributed by atoms with Gasteiger partial charge in [0.05, 0.1) is 23.2 Å². The van der Waals surface area contributed by atoms with Crippen LogP contribution >= 0.6 is 0 Å². The van der Waals surface area contributed by atoms with Crippen LogP contribution in [0.25, 0.3) is 0 Å². The highest BCUT2D eigenvalue weighted by Gasteiger charge is 2.88. The van der Waals surface area contributed by atoms with Gasteiger partial charge in [0.2, 0.25) is 0 Å². The van der Waals surface area contributed by atoms with Crippen molar-refractivity contribution in [3.05, 3.63) is 23.8 Å². The SMILES string of the molecule is CC(=O)O[C@H]1/C=C/C(C)=C\[C@@H]2OC(=O)[C@]3(C)O[C@@]23[C@@H](O)[C@H]2[C@]3(C)O[C@@H]3C[C@H](OC(C)=O)[C@]12C. The molecule has 3 heterocycles. The second-order valence-electron chi connectivity index (χ2n) is 10.5. The number of aliphatic hydroxyl groups is 1. The summed E-state index contributed by atoms with van der Waals surface area (Å²) in [6, 6.07) is 0. The first-order valence-corrected chi connectivity index (χ1v) is 11.3. The maximum Gasteiger partial charge on any atom is 0.342 e. The fraction of sp³-hybridized carbons (Fsp3) is 0.708. The predicted octanol–water partition coefficient (Wildman–Crippen LogP) is 1.36. The van der Waals surface area contributed by atoms with E-state index in [1.165, 1.54) is 13.8 Å². The van der Waals surface area contributed by atoms with Crippen molar-refractivity contribution < 1.29 is 43.2 Å². The number of epoxide rings is 2. The minimum Gasteiger partial charge on any atom is -0.462 e. The van der Waals surface area contributed by atoms with Gasteiger partial charge in [0, 0.05) is 26.2 Å². The lowest BCUT2D eigenvalue weighted by molar-refractivity contribution is -0.197. The van der Waals surface area contributed by atoms with Crippen LogP contribution < -0.4 is 0 Å². The number of carbonyl (C=O) groups excluding carboxylic acids is 3. The first kappa shape index (κ1) is 22.6. The second kappa shape index (κ2) is 6.67. The molecule has 2 aliphatic carbocycles. The van der Waals surface area contributed by atoms with Gasteiger partial charge in [-0.15, -0.1) is 0 Å². The Balaban J connectivity index is 1.72. The van der Waals surface area contributed by atoms with Crippen LogP contribution in [0, 0.1) is 11.3 Å². The molecule has 5 aliphatic rings. The highest BCUT2D eigenvalue weighted by molar-refractivity contribution is 5.89. The van der Waals surface area contributed by atoms with Crippen LogP contribution in [0.5, 0.6) is 0 Å². The van der Waals surface area contributed by atoms with E-state index in [4.69, 9.17) is 23.7 Å². The van der Waals surface area contributed by atoms with E-state index in [0.29, 0.717) is 6.42 Å². The zero-order valence-electron chi connectivity index (χ0n) is 19.6. The van der Waals surface area contributed by atoms with Crippen LogP contribution in [-0.2, 0) is 38.1 Å². The number of carbonyl (C=O) groups is 3. The predicted molar refractivity (Wildman–Crippen MR) is 112 cm³/mol. The number of hydrogen-bond donors (Lipinski definition) is 1. The molecule has 0 aromatic heterocycles. The Morgan fingerprint density at radius 2 is 1.82 bits per heavy atom. The van der Waals surface area contributed by atoms with Gasteiger partial charge >= 0.3 is 17.9 Å². The minimum absolute atomic E-state index is 0.269. The molecule has 180 valence electrons. The molecule has 0 aromatic rings. The zero-order valence-corrected chi connectivity index (χ0v) is 19.6. The summed E-state index contributed by atoms with van der Waals surface area (Å²) >= 11 is 0. The molecule has 9 nitrogen and oxygen atoms in total. The lowest BCUT2D eigenvalue weighted by atomic mass is 9.54. The highest BCUT2D eigenvalue weighted by atomic mass is 16.7. The molecule has 1 spiro atoms. The summed E-state index contributed by atoms with van der Waals surface area (Å²) < 4.78 is 29.2. The number of esters is 3. The molecular weight excluding hydrogens is 432 g/mol. The van der Waals surface area contributed by atoms with Crippen molar-refractivity contribution >= 4 is 17.9 Å². The third kappa shape index (κ3) is 2.79. The number of rotatable bonds is 2. The summed E-state index contributed by atoms with van der Waals surface area (Å²) in [6.07, 6.45) is 1.76. The first-order chi connectivity index (χ1) is 15.3. The normalized spacial score (nSPS) is 54.2. The van der Waals surface area contributed by atoms with Crippen LogP contribution in [0.3, 0.4) is 0 Å². The molecule has 3 aliphatic heterocycles. The summed E-state index contributed by atoms with van der Waals surface area (Å²) in [5, 5.41) is 12.0. The van der Waals surface area contributed by atoms with Gasteiger partial charge in [-0.05, 0) is 32.9 Å². The van der Waals surface area contributed by atoms with Gasteiger partial charge in [-0.1, -0.05) is 18.6 Å². The van der Waals surface area contributed by atoms with Crippen molar-refractivity contribution in [2.75, 3.05) is 0 Å². The van der Waals surface area contributed by atoms with Crippen molar-refractivity contribution in [3.63, 3.8) is 0 Å². The van der Waals surface area contributed by atoms with E-state index in [-0.39, 0.29) is 6.10 Å². The van der Waals surface area contributed by atoms with E-state index >= 15 is 0 Å². The summed E-state index contributed by atoms with van der Waals surface area (Å²) in [5.74, 6) is -2.25. The first-order valence-electron chi connectivity index (χ1n) is 11.3. The molecule has 3 saturated heterocycles. The Morgan fingerprint density at radius 3 is 2.42 bits per heavy atom. The van der Waals surface area contributed by atoms with Crippen molar-refractivity contribution in [3.8, 4) is 0 Å². The number of fused-ring (bicyclic) bond motifs is 3. The average Bonchev–Trinajstić information content (AvgIpc) is 3.53. The Bertz CT molecular complexity index is 1000. The smallest absolute Gasteiger partial charge is 0.342 e. The molecule has 9 heteroatoms. The zero-order chi connectivity index (χ0) is 24.1. The third-order valence-corrected chi connectivity index (χ3v) is 8.43. The maximum atomic E-state index is 12.7. The number of allylic oxidation sites excluding steroid dienone is 2. The molecule has 0 aromatic carbocycles. The van der Waals surface area contributed by atoms with Gasteiger partial charge in [-0.3, -0.25) is 9.59 Å². The van der Waals surface area contributed by atoms with Gasteiger partial charge in [-0.2, -0.15) is 0 Å². The van der Waals surface area contributed by atoms with E-state index in [1.807, 2.05) is 20.8 Å². The number of ether oxygens (including phenoxy) is 5. The van der Waals surface area contributed by atoms with Crippen molar-refractivity contribution in [2.45, 2.75) is 95.3 Å². The quantitative estimate of drug-likeness (QED) is 0.368. The summed E-state index contributed by atoms with van der Waals surface area (Å²) in [5.41, 5.74) is -3.80. The third-order valence-electron chi connectivity index (χ3n) is 8.43. The van der Waals surface area contributed by atoms with Crippen molar-refractivity contribution in [2.24, 2.45) is 11.3 Å². The fourth-order valence-corrected chi connectivity index (χ4v) is 6.64. The van der Waals surface area contributed by atoms with E-state index in [2.05, 4.69) is 0 Å². The van der Waals surface area contributed by atoms with Crippen molar-refractivity contribution in [1.82, 2.24) is 0 Å². The standard InChI is InChI=1S/C24H30O9/c1-11-7-8-14(29-12(2)25)21(4)15(30-13(3)26)10-16-22(5,32-16)18(21)19(27)24-17(9-11)31-20(28)23(24,6)33-24/h7-9,14-19,27H,10H2,1-6H3/b8-7+,11-9-/t14-,15-,16+,17-,18+,19-,21-,22+,23-,24+/m0/s1. The lowest BCUT2D eigenvalue weighted by Crippen LogP contribution is -2.65. The van der Waals surface area contributed by atoms with Gasteiger partial charge in [0.25, 0.3) is 0 Å². The molecule has 1 saturated carbocycles. The number of hydrogen-bond acceptors (Lipinski definition) is 9. The molecule has 10 atom stereocenters. The van der Waals surface area contributed by atoms with Crippen LogP contribution in [0.4, 0.5) is 0 Å². The van der Waals surface area contributed by atoms with Crippen LogP contribution in [-0.4, -0.2) is 70.3 Å². The Morgan fingerprint density at radius 1 is 1.15 bits per heavy atom. The molecule has 4 fully saturated rings. The molecule has 0 bridgehead atoms. The van der Waals surface area contributed by atoms with E-state index in [0.717, 1.165) is 5.57 Å². The monoisotopic (exact) mass is 462 g/mol. The largest absolute Gasteiger partial charge is 0.462 e. The molecular formula is C24H30O9. The number of aliphatic hydroxyl groups excluding tert-OH is 1. The van der Waals surface area contributed by atoms with Crippen molar-refractivity contribution in [1.29, 1.82) is 0 Å². The van der Waals surface area contributed by atoms with E-state index in [1.54, 1.807) is 25.2 Å². The lowest BCUT2D eigenvalue weighted by Gasteiger charge is -2.52. The van der Waals surface area contributed by atoms with E-state index < -0.39 is 70.5 Å². The molecule has 0 amide bonds. The van der Waals surface area contributed by atoms with Crippen LogP contribution in [0.15, 0.2) is 23.8 Å². The summed E-state index contributed by atoms with van der Waals surface area (Å²) in [6.45, 7) is 9.78. The van der Waals surface area contributed by atoms with Gasteiger partial charge in [0.1, 0.15) is 12.2 Å². The molecule has 0 radical (unpaired) electrons. The average molecular weight is 462 g/mol. The highest BCUT2D eigenvalue weighted by Crippen LogP contribution is 2.68. The Kier molecular flexibility index (Phi) is 4.56. The van der Waals surface area contributed by atoms with Crippen LogP contribution in [0.1, 0.15) is 48.0 Å². The fourth-order valence-electron chi connectivity index (χ4n) is 6.64. The second-order valence-corrected chi connectivity index (χ2v) is 10.5. The van der Waals surface area contributed by atoms with Gasteiger partial charge in [-0.25, -0.2) is 4.79 Å². The van der Waals surface area contributed by atoms with Gasteiger partial charge < -0.3 is 28.8 Å². The Hall–Kier alpha value is -2.23. The molecule has 0 unspecified atom stereocenters. The molecule has 1 N–H and O–H groups in total. The van der Waals surface area contributed by atoms with Gasteiger partial charge in [0.15, 0.2) is 17.3 Å². The van der Waals surface area contributed by atoms with Crippen LogP contribution in [0.2, 0.25) is 0 Å². The molecule has 33 heavy (non-hydrogen) atoms. The van der Waals surface area contributed by atoms with E-state index in [9.17, 15) is 19.5 Å². The summed E-state index contributed by atoms with van der Waals surface area (Å²) in [7, 11) is 0. The maximum absolute atomic E-state index is 12.7.